The van der Waals surface area contributed by atoms with Gasteiger partial charge in [0.15, 0.2) is 0 Å². The Balaban J connectivity index is 1.92. The minimum Gasteiger partial charge on any atom is -0.309 e. The Bertz CT molecular complexity index is 465. The number of nitrogens with one attached hydrogen (secondary N) is 1. The summed E-state index contributed by atoms with van der Waals surface area (Å²) < 4.78 is 36.4. The first-order valence-electron chi connectivity index (χ1n) is 7.67. The average Bonchev–Trinajstić information content (AvgIpc) is 2.39. The van der Waals surface area contributed by atoms with Crippen molar-refractivity contribution in [3.63, 3.8) is 0 Å². The standard InChI is InChI=1S/C17H24F3N/c1-16(2)11-9-13-7-3-4-8-14(13)15(16)21-12-6-5-10-17(18,19)20/h3-4,7-8,15,21H,5-6,9-12H2,1-2H3. The lowest BCUT2D eigenvalue weighted by Gasteiger charge is -2.40. The third kappa shape index (κ3) is 4.47. The maximum absolute atomic E-state index is 12.1. The Labute approximate surface area is 124 Å². The second kappa shape index (κ2) is 6.39. The van der Waals surface area contributed by atoms with Gasteiger partial charge in [0.25, 0.3) is 0 Å². The maximum atomic E-state index is 12.1. The number of unbranched alkanes of at least 4 members (excludes halogenated alkanes) is 1. The highest BCUT2D eigenvalue weighted by Crippen LogP contribution is 2.43. The van der Waals surface area contributed by atoms with Crippen molar-refractivity contribution in [2.24, 2.45) is 5.41 Å². The van der Waals surface area contributed by atoms with Crippen LogP contribution in [0.4, 0.5) is 13.2 Å². The van der Waals surface area contributed by atoms with Crippen LogP contribution < -0.4 is 5.32 Å². The van der Waals surface area contributed by atoms with Crippen molar-refractivity contribution in [3.8, 4) is 0 Å². The van der Waals surface area contributed by atoms with E-state index in [-0.39, 0.29) is 17.9 Å². The topological polar surface area (TPSA) is 12.0 Å². The number of benzene rings is 1. The van der Waals surface area contributed by atoms with Gasteiger partial charge in [-0.05, 0) is 48.8 Å². The van der Waals surface area contributed by atoms with Crippen LogP contribution in [0.5, 0.6) is 0 Å². The summed E-state index contributed by atoms with van der Waals surface area (Å²) in [5, 5.41) is 3.49. The van der Waals surface area contributed by atoms with Gasteiger partial charge in [-0.25, -0.2) is 0 Å². The predicted molar refractivity (Wildman–Crippen MR) is 79.2 cm³/mol. The lowest BCUT2D eigenvalue weighted by molar-refractivity contribution is -0.135. The first-order chi connectivity index (χ1) is 9.80. The molecule has 1 aromatic carbocycles. The van der Waals surface area contributed by atoms with Crippen LogP contribution in [0.3, 0.4) is 0 Å². The Morgan fingerprint density at radius 3 is 2.62 bits per heavy atom. The Kier molecular flexibility index (Phi) is 4.97. The van der Waals surface area contributed by atoms with Crippen molar-refractivity contribution in [2.45, 2.75) is 58.2 Å². The number of alkyl halides is 3. The van der Waals surface area contributed by atoms with Crippen molar-refractivity contribution in [2.75, 3.05) is 6.54 Å². The Morgan fingerprint density at radius 2 is 1.90 bits per heavy atom. The van der Waals surface area contributed by atoms with E-state index in [4.69, 9.17) is 0 Å². The quantitative estimate of drug-likeness (QED) is 0.753. The number of hydrogen-bond donors (Lipinski definition) is 1. The van der Waals surface area contributed by atoms with Crippen molar-refractivity contribution < 1.29 is 13.2 Å². The molecule has 0 spiro atoms. The highest BCUT2D eigenvalue weighted by Gasteiger charge is 2.35. The molecule has 1 aromatic rings. The summed E-state index contributed by atoms with van der Waals surface area (Å²) in [6.45, 7) is 5.10. The van der Waals surface area contributed by atoms with Gasteiger partial charge in [-0.2, -0.15) is 13.2 Å². The minimum atomic E-state index is -4.03. The summed E-state index contributed by atoms with van der Waals surface area (Å²) in [6.07, 6.45) is -1.77. The molecular weight excluding hydrogens is 275 g/mol. The van der Waals surface area contributed by atoms with Crippen LogP contribution in [0.25, 0.3) is 0 Å². The van der Waals surface area contributed by atoms with Crippen LogP contribution in [0.2, 0.25) is 0 Å². The van der Waals surface area contributed by atoms with Crippen LogP contribution in [-0.4, -0.2) is 12.7 Å². The van der Waals surface area contributed by atoms with E-state index < -0.39 is 12.6 Å². The molecular formula is C17H24F3N. The normalized spacial score (nSPS) is 21.1. The third-order valence-electron chi connectivity index (χ3n) is 4.42. The Hall–Kier alpha value is -1.03. The van der Waals surface area contributed by atoms with Gasteiger partial charge in [0.05, 0.1) is 0 Å². The first-order valence-corrected chi connectivity index (χ1v) is 7.67. The summed E-state index contributed by atoms with van der Waals surface area (Å²) in [4.78, 5) is 0. The van der Waals surface area contributed by atoms with Crippen LogP contribution in [0, 0.1) is 5.41 Å². The van der Waals surface area contributed by atoms with Crippen molar-refractivity contribution >= 4 is 0 Å². The molecule has 1 atom stereocenters. The van der Waals surface area contributed by atoms with Crippen molar-refractivity contribution in [1.29, 1.82) is 0 Å². The second-order valence-corrected chi connectivity index (χ2v) is 6.65. The molecule has 0 aliphatic heterocycles. The molecule has 2 rings (SSSR count). The summed E-state index contributed by atoms with van der Waals surface area (Å²) in [6, 6.07) is 8.62. The number of rotatable bonds is 5. The van der Waals surface area contributed by atoms with Gasteiger partial charge in [0.1, 0.15) is 0 Å². The lowest BCUT2D eigenvalue weighted by Crippen LogP contribution is -2.38. The molecule has 0 radical (unpaired) electrons. The number of fused-ring (bicyclic) bond motifs is 1. The van der Waals surface area contributed by atoms with E-state index in [1.54, 1.807) is 0 Å². The largest absolute Gasteiger partial charge is 0.389 e. The van der Waals surface area contributed by atoms with Crippen molar-refractivity contribution in [3.05, 3.63) is 35.4 Å². The maximum Gasteiger partial charge on any atom is 0.389 e. The summed E-state index contributed by atoms with van der Waals surface area (Å²) in [7, 11) is 0. The molecule has 1 aliphatic carbocycles. The fourth-order valence-electron chi connectivity index (χ4n) is 3.15. The van der Waals surface area contributed by atoms with Crippen LogP contribution in [0.15, 0.2) is 24.3 Å². The number of aryl methyl sites for hydroxylation is 1. The van der Waals surface area contributed by atoms with Gasteiger partial charge in [0, 0.05) is 12.5 Å². The van der Waals surface area contributed by atoms with Gasteiger partial charge < -0.3 is 5.32 Å². The monoisotopic (exact) mass is 299 g/mol. The molecule has 0 saturated carbocycles. The van der Waals surface area contributed by atoms with E-state index in [2.05, 4.69) is 37.4 Å². The second-order valence-electron chi connectivity index (χ2n) is 6.65. The van der Waals surface area contributed by atoms with Gasteiger partial charge >= 0.3 is 6.18 Å². The van der Waals surface area contributed by atoms with E-state index in [9.17, 15) is 13.2 Å². The molecule has 21 heavy (non-hydrogen) atoms. The molecule has 4 heteroatoms. The fraction of sp³-hybridized carbons (Fsp3) is 0.647. The summed E-state index contributed by atoms with van der Waals surface area (Å²) in [5.74, 6) is 0. The number of halogens is 3. The van der Waals surface area contributed by atoms with Gasteiger partial charge in [-0.3, -0.25) is 0 Å². The van der Waals surface area contributed by atoms with E-state index in [1.165, 1.54) is 11.1 Å². The summed E-state index contributed by atoms with van der Waals surface area (Å²) in [5.41, 5.74) is 2.81. The molecule has 1 unspecified atom stereocenters. The van der Waals surface area contributed by atoms with E-state index >= 15 is 0 Å². The zero-order chi connectivity index (χ0) is 15.5. The summed E-state index contributed by atoms with van der Waals surface area (Å²) >= 11 is 0. The zero-order valence-electron chi connectivity index (χ0n) is 12.8. The van der Waals surface area contributed by atoms with E-state index in [0.717, 1.165) is 12.8 Å². The molecule has 0 amide bonds. The van der Waals surface area contributed by atoms with Crippen LogP contribution in [0.1, 0.15) is 56.7 Å². The minimum absolute atomic E-state index is 0.137. The molecule has 118 valence electrons. The molecule has 0 bridgehead atoms. The molecule has 1 N–H and O–H groups in total. The van der Waals surface area contributed by atoms with E-state index in [0.29, 0.717) is 13.0 Å². The molecule has 1 nitrogen and oxygen atoms in total. The highest BCUT2D eigenvalue weighted by atomic mass is 19.4. The third-order valence-corrected chi connectivity index (χ3v) is 4.42. The molecule has 0 saturated heterocycles. The Morgan fingerprint density at radius 1 is 1.19 bits per heavy atom. The van der Waals surface area contributed by atoms with Crippen LogP contribution >= 0.6 is 0 Å². The van der Waals surface area contributed by atoms with Crippen LogP contribution in [-0.2, 0) is 6.42 Å². The van der Waals surface area contributed by atoms with Crippen molar-refractivity contribution in [1.82, 2.24) is 5.32 Å². The molecule has 0 heterocycles. The highest BCUT2D eigenvalue weighted by molar-refractivity contribution is 5.34. The van der Waals surface area contributed by atoms with Gasteiger partial charge in [-0.15, -0.1) is 0 Å². The predicted octanol–water partition coefficient (Wildman–Crippen LogP) is 5.02. The molecule has 1 aliphatic rings. The average molecular weight is 299 g/mol. The van der Waals surface area contributed by atoms with Gasteiger partial charge in [0.2, 0.25) is 0 Å². The fourth-order valence-corrected chi connectivity index (χ4v) is 3.15. The van der Waals surface area contributed by atoms with Gasteiger partial charge in [-0.1, -0.05) is 38.1 Å². The molecule has 0 fully saturated rings. The molecule has 0 aromatic heterocycles. The lowest BCUT2D eigenvalue weighted by atomic mass is 9.70. The van der Waals surface area contributed by atoms with E-state index in [1.807, 2.05) is 6.07 Å². The SMILES string of the molecule is CC1(C)CCc2ccccc2C1NCCCCC(F)(F)F. The first kappa shape index (κ1) is 16.3. The number of hydrogen-bond acceptors (Lipinski definition) is 1. The zero-order valence-corrected chi connectivity index (χ0v) is 12.8. The smallest absolute Gasteiger partial charge is 0.309 e.